The Morgan fingerprint density at radius 1 is 1.14 bits per heavy atom. The molecule has 0 unspecified atom stereocenters. The molecule has 1 aromatic carbocycles. The lowest BCUT2D eigenvalue weighted by molar-refractivity contribution is -0.153. The molecule has 196 valence electrons. The van der Waals surface area contributed by atoms with Crippen molar-refractivity contribution in [2.75, 3.05) is 11.9 Å². The Kier molecular flexibility index (Phi) is 8.53. The standard InChI is InChI=1S/C30H45BrO4/c1-27(2,3)26(32)34-20-21-14-16-30(33)24(18-21)23-13-12-22(19-25(23)35-29(30,6)7)28(4,5)15-10-8-9-11-17-31/h12-14,19,24,33H,8-11,15-18,20H2,1-7H3/t24-,30-/m1/s1. The minimum Gasteiger partial charge on any atom is -0.485 e. The zero-order chi connectivity index (χ0) is 26.1. The number of esters is 1. The van der Waals surface area contributed by atoms with Crippen LogP contribution < -0.4 is 4.74 Å². The number of unbranched alkanes of at least 4 members (excludes halogenated alkanes) is 3. The summed E-state index contributed by atoms with van der Waals surface area (Å²) in [7, 11) is 0. The van der Waals surface area contributed by atoms with E-state index in [0.717, 1.165) is 28.6 Å². The van der Waals surface area contributed by atoms with Gasteiger partial charge in [0.1, 0.15) is 23.6 Å². The zero-order valence-electron chi connectivity index (χ0n) is 22.8. The van der Waals surface area contributed by atoms with Gasteiger partial charge >= 0.3 is 5.97 Å². The van der Waals surface area contributed by atoms with Crippen molar-refractivity contribution < 1.29 is 19.4 Å². The SMILES string of the molecule is CC(C)(C)C(=O)OCC1=CC[C@@]2(O)[C@H](C1)c1ccc(C(C)(C)CCCCCCBr)cc1OC2(C)C. The Balaban J connectivity index is 1.81. The molecule has 0 fully saturated rings. The van der Waals surface area contributed by atoms with Crippen LogP contribution in [-0.2, 0) is 14.9 Å². The van der Waals surface area contributed by atoms with Crippen molar-refractivity contribution in [3.05, 3.63) is 41.0 Å². The molecule has 1 N–H and O–H groups in total. The quantitative estimate of drug-likeness (QED) is 0.149. The fourth-order valence-corrected chi connectivity index (χ4v) is 5.73. The first kappa shape index (κ1) is 28.2. The molecule has 3 rings (SSSR count). The van der Waals surface area contributed by atoms with Crippen LogP contribution >= 0.6 is 15.9 Å². The second-order valence-corrected chi connectivity index (χ2v) is 13.5. The van der Waals surface area contributed by atoms with Gasteiger partial charge in [-0.25, -0.2) is 0 Å². The minimum absolute atomic E-state index is 0.0590. The normalized spacial score (nSPS) is 23.6. The highest BCUT2D eigenvalue weighted by molar-refractivity contribution is 9.09. The average Bonchev–Trinajstić information content (AvgIpc) is 2.76. The number of halogens is 1. The van der Waals surface area contributed by atoms with Crippen molar-refractivity contribution in [2.24, 2.45) is 5.41 Å². The molecule has 1 heterocycles. The summed E-state index contributed by atoms with van der Waals surface area (Å²) >= 11 is 3.52. The van der Waals surface area contributed by atoms with Gasteiger partial charge in [-0.2, -0.15) is 0 Å². The predicted molar refractivity (Wildman–Crippen MR) is 146 cm³/mol. The summed E-state index contributed by atoms with van der Waals surface area (Å²) in [6, 6.07) is 6.58. The van der Waals surface area contributed by atoms with Crippen molar-refractivity contribution in [3.8, 4) is 5.75 Å². The molecule has 0 bridgehead atoms. The summed E-state index contributed by atoms with van der Waals surface area (Å²) < 4.78 is 12.1. The highest BCUT2D eigenvalue weighted by atomic mass is 79.9. The van der Waals surface area contributed by atoms with E-state index in [0.29, 0.717) is 12.8 Å². The number of carbonyl (C=O) groups is 1. The topological polar surface area (TPSA) is 55.8 Å². The largest absolute Gasteiger partial charge is 0.485 e. The van der Waals surface area contributed by atoms with Gasteiger partial charge in [0.15, 0.2) is 0 Å². The summed E-state index contributed by atoms with van der Waals surface area (Å²) in [5.41, 5.74) is 1.19. The Hall–Kier alpha value is -1.33. The Bertz CT molecular complexity index is 940. The van der Waals surface area contributed by atoms with Crippen LogP contribution in [0.2, 0.25) is 0 Å². The number of hydrogen-bond donors (Lipinski definition) is 1. The van der Waals surface area contributed by atoms with Crippen LogP contribution in [0.4, 0.5) is 0 Å². The first-order valence-corrected chi connectivity index (χ1v) is 14.3. The molecule has 2 aliphatic rings. The molecule has 2 atom stereocenters. The first-order valence-electron chi connectivity index (χ1n) is 13.2. The lowest BCUT2D eigenvalue weighted by Crippen LogP contribution is -2.60. The Morgan fingerprint density at radius 2 is 1.83 bits per heavy atom. The molecule has 35 heavy (non-hydrogen) atoms. The van der Waals surface area contributed by atoms with Gasteiger partial charge in [0.25, 0.3) is 0 Å². The maximum absolute atomic E-state index is 12.3. The third-order valence-electron chi connectivity index (χ3n) is 8.01. The van der Waals surface area contributed by atoms with Crippen LogP contribution in [0.1, 0.15) is 110 Å². The average molecular weight is 550 g/mol. The van der Waals surface area contributed by atoms with Crippen molar-refractivity contribution in [2.45, 2.75) is 116 Å². The lowest BCUT2D eigenvalue weighted by Gasteiger charge is -2.53. The summed E-state index contributed by atoms with van der Waals surface area (Å²) in [5.74, 6) is 0.574. The summed E-state index contributed by atoms with van der Waals surface area (Å²) in [5, 5.41) is 12.9. The molecular formula is C30H45BrO4. The molecule has 0 spiro atoms. The highest BCUT2D eigenvalue weighted by Crippen LogP contribution is 2.54. The van der Waals surface area contributed by atoms with E-state index in [1.807, 2.05) is 40.7 Å². The second-order valence-electron chi connectivity index (χ2n) is 12.7. The summed E-state index contributed by atoms with van der Waals surface area (Å²) in [6.07, 6.45) is 9.29. The van der Waals surface area contributed by atoms with Gasteiger partial charge in [-0.3, -0.25) is 4.79 Å². The summed E-state index contributed by atoms with van der Waals surface area (Å²) in [4.78, 5) is 12.3. The van der Waals surface area contributed by atoms with Crippen molar-refractivity contribution in [3.63, 3.8) is 0 Å². The monoisotopic (exact) mass is 548 g/mol. The molecule has 0 saturated heterocycles. The fraction of sp³-hybridized carbons (Fsp3) is 0.700. The molecule has 0 aromatic heterocycles. The van der Waals surface area contributed by atoms with Gasteiger partial charge in [-0.1, -0.05) is 67.2 Å². The van der Waals surface area contributed by atoms with Crippen LogP contribution in [0.5, 0.6) is 5.75 Å². The number of fused-ring (bicyclic) bond motifs is 3. The van der Waals surface area contributed by atoms with Gasteiger partial charge < -0.3 is 14.6 Å². The van der Waals surface area contributed by atoms with E-state index in [9.17, 15) is 9.90 Å². The van der Waals surface area contributed by atoms with E-state index in [2.05, 4.69) is 48.0 Å². The van der Waals surface area contributed by atoms with E-state index in [-0.39, 0.29) is 23.9 Å². The van der Waals surface area contributed by atoms with Crippen LogP contribution in [-0.4, -0.2) is 34.2 Å². The van der Waals surface area contributed by atoms with Crippen molar-refractivity contribution in [1.82, 2.24) is 0 Å². The summed E-state index contributed by atoms with van der Waals surface area (Å²) in [6.45, 7) is 14.5. The van der Waals surface area contributed by atoms with Gasteiger partial charge in [-0.05, 0) is 82.9 Å². The highest BCUT2D eigenvalue weighted by Gasteiger charge is 2.56. The third kappa shape index (κ3) is 6.15. The van der Waals surface area contributed by atoms with Crippen molar-refractivity contribution >= 4 is 21.9 Å². The zero-order valence-corrected chi connectivity index (χ0v) is 24.4. The maximum Gasteiger partial charge on any atom is 0.311 e. The number of hydrogen-bond acceptors (Lipinski definition) is 4. The van der Waals surface area contributed by atoms with E-state index in [1.165, 1.54) is 31.2 Å². The molecule has 1 aliphatic heterocycles. The molecule has 1 aromatic rings. The van der Waals surface area contributed by atoms with Crippen molar-refractivity contribution in [1.29, 1.82) is 0 Å². The number of ether oxygens (including phenoxy) is 2. The smallest absolute Gasteiger partial charge is 0.311 e. The maximum atomic E-state index is 12.3. The van der Waals surface area contributed by atoms with E-state index in [1.54, 1.807) is 0 Å². The number of carbonyl (C=O) groups excluding carboxylic acids is 1. The molecule has 0 saturated carbocycles. The molecule has 5 heteroatoms. The Labute approximate surface area is 221 Å². The molecule has 0 amide bonds. The number of alkyl halides is 1. The van der Waals surface area contributed by atoms with Crippen LogP contribution in [0.15, 0.2) is 29.8 Å². The minimum atomic E-state index is -1.01. The number of benzene rings is 1. The molecular weight excluding hydrogens is 504 g/mol. The fourth-order valence-electron chi connectivity index (χ4n) is 5.34. The lowest BCUT2D eigenvalue weighted by atomic mass is 9.63. The third-order valence-corrected chi connectivity index (χ3v) is 8.57. The van der Waals surface area contributed by atoms with Gasteiger partial charge in [-0.15, -0.1) is 0 Å². The van der Waals surface area contributed by atoms with Gasteiger partial charge in [0.05, 0.1) is 5.41 Å². The molecule has 4 nitrogen and oxygen atoms in total. The molecule has 1 aliphatic carbocycles. The van der Waals surface area contributed by atoms with E-state index in [4.69, 9.17) is 9.47 Å². The van der Waals surface area contributed by atoms with Crippen LogP contribution in [0.25, 0.3) is 0 Å². The van der Waals surface area contributed by atoms with Crippen LogP contribution in [0.3, 0.4) is 0 Å². The number of rotatable bonds is 9. The Morgan fingerprint density at radius 3 is 2.49 bits per heavy atom. The predicted octanol–water partition coefficient (Wildman–Crippen LogP) is 7.60. The van der Waals surface area contributed by atoms with Crippen LogP contribution in [0, 0.1) is 5.41 Å². The van der Waals surface area contributed by atoms with E-state index >= 15 is 0 Å². The van der Waals surface area contributed by atoms with Gasteiger partial charge in [0.2, 0.25) is 0 Å². The number of aliphatic hydroxyl groups is 1. The van der Waals surface area contributed by atoms with E-state index < -0.39 is 16.6 Å². The van der Waals surface area contributed by atoms with Gasteiger partial charge in [0, 0.05) is 16.8 Å². The first-order chi connectivity index (χ1) is 16.2. The second kappa shape index (κ2) is 10.6. The molecule has 0 radical (unpaired) electrons.